The largest absolute Gasteiger partial charge is 0.366 e. The Hall–Kier alpha value is -5.36. The van der Waals surface area contributed by atoms with Gasteiger partial charge in [0.2, 0.25) is 5.91 Å². The van der Waals surface area contributed by atoms with Gasteiger partial charge in [0.25, 0.3) is 0 Å². The molecule has 0 fully saturated rings. The second kappa shape index (κ2) is 10.7. The number of halogens is 2. The van der Waals surface area contributed by atoms with Crippen LogP contribution in [0.1, 0.15) is 38.3 Å². The standard InChI is InChI=1S/C35H24F2N3O/c36-28-19-16-24(17-20-28)18-21-31-33-30(34(38)41)22-29(37)23-32(33)40(39-31)35(25-10-4-1-5-11-25,26-12-6-2-7-13-26)27-14-8-3-9-15-27/h1-21,23H,(H2,38,41)/b21-18+. The molecular formula is C35H24F2N3O. The molecule has 0 saturated heterocycles. The van der Waals surface area contributed by atoms with Crippen molar-refractivity contribution in [2.75, 3.05) is 0 Å². The highest BCUT2D eigenvalue weighted by Gasteiger charge is 2.41. The highest BCUT2D eigenvalue weighted by Crippen LogP contribution is 2.43. The molecule has 1 radical (unpaired) electrons. The number of hydrogen-bond acceptors (Lipinski definition) is 2. The van der Waals surface area contributed by atoms with Gasteiger partial charge in [-0.25, -0.2) is 13.5 Å². The van der Waals surface area contributed by atoms with E-state index >= 15 is 4.39 Å². The SMILES string of the molecule is NC(=O)c1[c]c(F)cc2c1c(/C=C/c1ccc(F)cc1)nn2C(c1ccccc1)(c1ccccc1)c1ccccc1. The van der Waals surface area contributed by atoms with Gasteiger partial charge in [-0.1, -0.05) is 109 Å². The van der Waals surface area contributed by atoms with E-state index in [1.165, 1.54) is 18.2 Å². The number of primary amides is 1. The van der Waals surface area contributed by atoms with Crippen molar-refractivity contribution in [3.63, 3.8) is 0 Å². The Labute approximate surface area is 236 Å². The fourth-order valence-corrected chi connectivity index (χ4v) is 5.39. The quantitative estimate of drug-likeness (QED) is 0.217. The highest BCUT2D eigenvalue weighted by atomic mass is 19.1. The first-order chi connectivity index (χ1) is 20.0. The molecule has 2 N–H and O–H groups in total. The molecule has 0 unspecified atom stereocenters. The summed E-state index contributed by atoms with van der Waals surface area (Å²) in [6, 6.07) is 39.3. The molecule has 1 aromatic heterocycles. The maximum Gasteiger partial charge on any atom is 0.250 e. The average Bonchev–Trinajstić information content (AvgIpc) is 3.36. The lowest BCUT2D eigenvalue weighted by Crippen LogP contribution is -2.38. The Kier molecular flexibility index (Phi) is 6.73. The third-order valence-corrected chi connectivity index (χ3v) is 7.15. The Bertz CT molecular complexity index is 1770. The van der Waals surface area contributed by atoms with Crippen LogP contribution in [0.25, 0.3) is 23.1 Å². The summed E-state index contributed by atoms with van der Waals surface area (Å²) in [5, 5.41) is 5.43. The molecule has 0 spiro atoms. The summed E-state index contributed by atoms with van der Waals surface area (Å²) in [5.74, 6) is -1.91. The van der Waals surface area contributed by atoms with Crippen LogP contribution in [0.3, 0.4) is 0 Å². The minimum Gasteiger partial charge on any atom is -0.366 e. The van der Waals surface area contributed by atoms with E-state index in [9.17, 15) is 9.18 Å². The first-order valence-corrected chi connectivity index (χ1v) is 13.0. The predicted octanol–water partition coefficient (Wildman–Crippen LogP) is 7.22. The second-order valence-corrected chi connectivity index (χ2v) is 9.61. The monoisotopic (exact) mass is 540 g/mol. The van der Waals surface area contributed by atoms with Gasteiger partial charge >= 0.3 is 0 Å². The molecule has 0 bridgehead atoms. The maximum atomic E-state index is 15.2. The maximum absolute atomic E-state index is 15.2. The Balaban J connectivity index is 1.76. The number of fused-ring (bicyclic) bond motifs is 1. The number of carbonyl (C=O) groups excluding carboxylic acids is 1. The highest BCUT2D eigenvalue weighted by molar-refractivity contribution is 6.08. The second-order valence-electron chi connectivity index (χ2n) is 9.61. The van der Waals surface area contributed by atoms with E-state index in [1.807, 2.05) is 91.0 Å². The van der Waals surface area contributed by atoms with Gasteiger partial charge < -0.3 is 5.73 Å². The van der Waals surface area contributed by atoms with Crippen molar-refractivity contribution in [2.24, 2.45) is 5.73 Å². The fourth-order valence-electron chi connectivity index (χ4n) is 5.39. The number of hydrogen-bond donors (Lipinski definition) is 1. The topological polar surface area (TPSA) is 60.9 Å². The third kappa shape index (κ3) is 4.59. The van der Waals surface area contributed by atoms with Crippen molar-refractivity contribution in [1.82, 2.24) is 9.78 Å². The summed E-state index contributed by atoms with van der Waals surface area (Å²) < 4.78 is 30.5. The van der Waals surface area contributed by atoms with Gasteiger partial charge in [-0.05, 0) is 40.5 Å². The molecule has 6 heteroatoms. The zero-order valence-electron chi connectivity index (χ0n) is 21.8. The molecule has 41 heavy (non-hydrogen) atoms. The van der Waals surface area contributed by atoms with Crippen LogP contribution in [-0.2, 0) is 5.54 Å². The summed E-state index contributed by atoms with van der Waals surface area (Å²) in [6.07, 6.45) is 3.48. The van der Waals surface area contributed by atoms with Gasteiger partial charge in [0, 0.05) is 17.5 Å². The predicted molar refractivity (Wildman–Crippen MR) is 157 cm³/mol. The van der Waals surface area contributed by atoms with Gasteiger partial charge in [-0.15, -0.1) is 0 Å². The molecule has 199 valence electrons. The third-order valence-electron chi connectivity index (χ3n) is 7.15. The molecule has 6 rings (SSSR count). The van der Waals surface area contributed by atoms with Gasteiger partial charge in [-0.2, -0.15) is 5.10 Å². The number of carbonyl (C=O) groups is 1. The number of aromatic nitrogens is 2. The summed E-state index contributed by atoms with van der Waals surface area (Å²) in [4.78, 5) is 12.6. The van der Waals surface area contributed by atoms with Crippen molar-refractivity contribution in [3.05, 3.63) is 173 Å². The summed E-state index contributed by atoms with van der Waals surface area (Å²) in [6.45, 7) is 0. The lowest BCUT2D eigenvalue weighted by molar-refractivity contribution is 0.100. The molecule has 4 nitrogen and oxygen atoms in total. The molecule has 5 aromatic carbocycles. The Morgan fingerprint density at radius 2 is 1.27 bits per heavy atom. The van der Waals surface area contributed by atoms with Gasteiger partial charge in [0.05, 0.1) is 16.8 Å². The molecular weight excluding hydrogens is 516 g/mol. The fraction of sp³-hybridized carbons (Fsp3) is 0.0286. The lowest BCUT2D eigenvalue weighted by atomic mass is 9.77. The zero-order chi connectivity index (χ0) is 28.4. The van der Waals surface area contributed by atoms with E-state index in [2.05, 4.69) is 6.07 Å². The molecule has 0 saturated carbocycles. The van der Waals surface area contributed by atoms with Crippen LogP contribution < -0.4 is 5.73 Å². The van der Waals surface area contributed by atoms with E-state index < -0.39 is 17.3 Å². The van der Waals surface area contributed by atoms with Crippen molar-refractivity contribution in [1.29, 1.82) is 0 Å². The van der Waals surface area contributed by atoms with Crippen molar-refractivity contribution in [2.45, 2.75) is 5.54 Å². The van der Waals surface area contributed by atoms with Crippen molar-refractivity contribution < 1.29 is 13.6 Å². The molecule has 0 atom stereocenters. The van der Waals surface area contributed by atoms with Crippen LogP contribution in [0.15, 0.2) is 121 Å². The molecule has 1 heterocycles. The summed E-state index contributed by atoms with van der Waals surface area (Å²) >= 11 is 0. The number of nitrogens with zero attached hydrogens (tertiary/aromatic N) is 2. The average molecular weight is 541 g/mol. The summed E-state index contributed by atoms with van der Waals surface area (Å²) in [5.41, 5.74) is 8.71. The molecule has 1 amide bonds. The minimum absolute atomic E-state index is 0.104. The van der Waals surface area contributed by atoms with Crippen LogP contribution in [0, 0.1) is 17.7 Å². The number of nitrogens with two attached hydrogens (primary N) is 1. The number of amides is 1. The number of rotatable bonds is 7. The molecule has 0 aliphatic carbocycles. The Morgan fingerprint density at radius 1 is 0.756 bits per heavy atom. The van der Waals surface area contributed by atoms with Crippen LogP contribution in [0.4, 0.5) is 8.78 Å². The van der Waals surface area contributed by atoms with E-state index in [1.54, 1.807) is 29.0 Å². The van der Waals surface area contributed by atoms with E-state index in [0.29, 0.717) is 16.6 Å². The van der Waals surface area contributed by atoms with Crippen LogP contribution in [-0.4, -0.2) is 15.7 Å². The first kappa shape index (κ1) is 25.9. The van der Waals surface area contributed by atoms with E-state index in [-0.39, 0.29) is 11.4 Å². The van der Waals surface area contributed by atoms with Crippen LogP contribution in [0.2, 0.25) is 0 Å². The zero-order valence-corrected chi connectivity index (χ0v) is 21.8. The smallest absolute Gasteiger partial charge is 0.250 e. The first-order valence-electron chi connectivity index (χ1n) is 13.0. The van der Waals surface area contributed by atoms with E-state index in [4.69, 9.17) is 10.8 Å². The van der Waals surface area contributed by atoms with Gasteiger partial charge in [-0.3, -0.25) is 4.79 Å². The van der Waals surface area contributed by atoms with Crippen molar-refractivity contribution >= 4 is 29.0 Å². The number of benzene rings is 5. The Morgan fingerprint density at radius 3 is 1.76 bits per heavy atom. The molecule has 0 aliphatic heterocycles. The lowest BCUT2D eigenvalue weighted by Gasteiger charge is -2.37. The minimum atomic E-state index is -1.06. The molecule has 0 aliphatic rings. The van der Waals surface area contributed by atoms with Gasteiger partial charge in [0.1, 0.15) is 17.2 Å². The van der Waals surface area contributed by atoms with Crippen LogP contribution in [0.5, 0.6) is 0 Å². The van der Waals surface area contributed by atoms with E-state index in [0.717, 1.165) is 22.3 Å². The van der Waals surface area contributed by atoms with Crippen LogP contribution >= 0.6 is 0 Å². The normalized spacial score (nSPS) is 11.8. The van der Waals surface area contributed by atoms with Gasteiger partial charge in [0.15, 0.2) is 0 Å². The van der Waals surface area contributed by atoms with Crippen molar-refractivity contribution in [3.8, 4) is 0 Å². The summed E-state index contributed by atoms with van der Waals surface area (Å²) in [7, 11) is 0. The molecule has 6 aromatic rings.